The second-order valence-corrected chi connectivity index (χ2v) is 4.94. The summed E-state index contributed by atoms with van der Waals surface area (Å²) in [5, 5.41) is 3.86. The van der Waals surface area contributed by atoms with E-state index in [0.29, 0.717) is 23.6 Å². The molecule has 1 aromatic carbocycles. The van der Waals surface area contributed by atoms with Crippen LogP contribution in [0.4, 0.5) is 4.39 Å². The highest BCUT2D eigenvalue weighted by molar-refractivity contribution is 5.53. The smallest absolute Gasteiger partial charge is 0.258 e. The highest BCUT2D eigenvalue weighted by Crippen LogP contribution is 2.23. The number of hydrogen-bond donors (Lipinski definition) is 1. The Morgan fingerprint density at radius 2 is 2.20 bits per heavy atom. The van der Waals surface area contributed by atoms with Crippen LogP contribution in [0.1, 0.15) is 25.2 Å². The Morgan fingerprint density at radius 3 is 2.85 bits per heavy atom. The molecule has 1 unspecified atom stereocenters. The second kappa shape index (κ2) is 5.68. The second-order valence-electron chi connectivity index (χ2n) is 4.94. The number of hydrogen-bond acceptors (Lipinski definition) is 5. The fourth-order valence-corrected chi connectivity index (χ4v) is 1.68. The molecule has 0 bridgehead atoms. The standard InChI is InChI=1S/C14H18FN3O2/c1-4-19-8-14(3,16)13-17-12(20-18-13)10-6-5-9(2)11(15)7-10/h5-7H,4,8,16H2,1-3H3. The SMILES string of the molecule is CCOCC(C)(N)c1noc(-c2ccc(C)c(F)c2)n1. The average molecular weight is 279 g/mol. The molecule has 0 saturated heterocycles. The van der Waals surface area contributed by atoms with Gasteiger partial charge in [-0.05, 0) is 38.5 Å². The molecule has 6 heteroatoms. The topological polar surface area (TPSA) is 74.2 Å². The summed E-state index contributed by atoms with van der Waals surface area (Å²) in [5.74, 6) is 0.265. The summed E-state index contributed by atoms with van der Waals surface area (Å²) in [6.07, 6.45) is 0. The van der Waals surface area contributed by atoms with Gasteiger partial charge in [-0.25, -0.2) is 4.39 Å². The molecule has 0 aliphatic carbocycles. The molecule has 0 radical (unpaired) electrons. The zero-order chi connectivity index (χ0) is 14.8. The minimum absolute atomic E-state index is 0.243. The molecule has 0 aliphatic rings. The van der Waals surface area contributed by atoms with Crippen LogP contribution < -0.4 is 5.73 Å². The normalized spacial score (nSPS) is 14.2. The number of rotatable bonds is 5. The predicted molar refractivity (Wildman–Crippen MR) is 72.5 cm³/mol. The quantitative estimate of drug-likeness (QED) is 0.909. The summed E-state index contributed by atoms with van der Waals surface area (Å²) in [5.41, 5.74) is 6.33. The first kappa shape index (κ1) is 14.6. The van der Waals surface area contributed by atoms with Crippen LogP contribution in [-0.2, 0) is 10.3 Å². The molecule has 108 valence electrons. The van der Waals surface area contributed by atoms with Crippen LogP contribution in [0.25, 0.3) is 11.5 Å². The third-order valence-electron chi connectivity index (χ3n) is 2.96. The fourth-order valence-electron chi connectivity index (χ4n) is 1.68. The first-order chi connectivity index (χ1) is 9.44. The van der Waals surface area contributed by atoms with Crippen LogP contribution in [0, 0.1) is 12.7 Å². The van der Waals surface area contributed by atoms with Gasteiger partial charge in [0.05, 0.1) is 6.61 Å². The zero-order valence-corrected chi connectivity index (χ0v) is 11.8. The summed E-state index contributed by atoms with van der Waals surface area (Å²) in [7, 11) is 0. The van der Waals surface area contributed by atoms with Crippen LogP contribution in [0.15, 0.2) is 22.7 Å². The van der Waals surface area contributed by atoms with E-state index in [-0.39, 0.29) is 18.3 Å². The average Bonchev–Trinajstić information content (AvgIpc) is 2.90. The summed E-state index contributed by atoms with van der Waals surface area (Å²) in [4.78, 5) is 4.23. The zero-order valence-electron chi connectivity index (χ0n) is 11.8. The lowest BCUT2D eigenvalue weighted by atomic mass is 10.1. The van der Waals surface area contributed by atoms with Crippen molar-refractivity contribution >= 4 is 0 Å². The Hall–Kier alpha value is -1.79. The summed E-state index contributed by atoms with van der Waals surface area (Å²) in [6, 6.07) is 4.76. The van der Waals surface area contributed by atoms with Crippen LogP contribution in [-0.4, -0.2) is 23.4 Å². The van der Waals surface area contributed by atoms with E-state index >= 15 is 0 Å². The molecule has 0 aliphatic heterocycles. The molecule has 20 heavy (non-hydrogen) atoms. The van der Waals surface area contributed by atoms with Gasteiger partial charge in [-0.1, -0.05) is 11.2 Å². The van der Waals surface area contributed by atoms with E-state index in [0.717, 1.165) is 0 Å². The molecule has 2 rings (SSSR count). The van der Waals surface area contributed by atoms with E-state index in [1.54, 1.807) is 26.0 Å². The van der Waals surface area contributed by atoms with Crippen molar-refractivity contribution in [1.82, 2.24) is 10.1 Å². The van der Waals surface area contributed by atoms with Crippen molar-refractivity contribution in [2.75, 3.05) is 13.2 Å². The highest BCUT2D eigenvalue weighted by atomic mass is 19.1. The van der Waals surface area contributed by atoms with Crippen molar-refractivity contribution in [2.24, 2.45) is 5.73 Å². The number of nitrogens with zero attached hydrogens (tertiary/aromatic N) is 2. The van der Waals surface area contributed by atoms with Gasteiger partial charge in [0.15, 0.2) is 5.82 Å². The van der Waals surface area contributed by atoms with Crippen molar-refractivity contribution < 1.29 is 13.7 Å². The molecule has 2 aromatic rings. The molecule has 0 spiro atoms. The van der Waals surface area contributed by atoms with Gasteiger partial charge >= 0.3 is 0 Å². The molecule has 5 nitrogen and oxygen atoms in total. The Morgan fingerprint density at radius 1 is 1.45 bits per heavy atom. The highest BCUT2D eigenvalue weighted by Gasteiger charge is 2.28. The van der Waals surface area contributed by atoms with Gasteiger partial charge in [0, 0.05) is 12.2 Å². The number of aryl methyl sites for hydroxylation is 1. The van der Waals surface area contributed by atoms with Crippen molar-refractivity contribution in [3.63, 3.8) is 0 Å². The molecular formula is C14H18FN3O2. The van der Waals surface area contributed by atoms with Crippen LogP contribution in [0.3, 0.4) is 0 Å². The Kier molecular flexibility index (Phi) is 4.15. The number of ether oxygens (including phenoxy) is 1. The van der Waals surface area contributed by atoms with Gasteiger partial charge in [0.25, 0.3) is 5.89 Å². The number of halogens is 1. The Balaban J connectivity index is 2.26. The predicted octanol–water partition coefficient (Wildman–Crippen LogP) is 2.39. The maximum Gasteiger partial charge on any atom is 0.258 e. The monoisotopic (exact) mass is 279 g/mol. The van der Waals surface area contributed by atoms with Gasteiger partial charge in [-0.2, -0.15) is 4.98 Å². The molecule has 1 aromatic heterocycles. The van der Waals surface area contributed by atoms with E-state index in [9.17, 15) is 4.39 Å². The lowest BCUT2D eigenvalue weighted by Crippen LogP contribution is -2.39. The van der Waals surface area contributed by atoms with Crippen molar-refractivity contribution in [3.8, 4) is 11.5 Å². The van der Waals surface area contributed by atoms with Crippen molar-refractivity contribution in [1.29, 1.82) is 0 Å². The molecular weight excluding hydrogens is 261 g/mol. The van der Waals surface area contributed by atoms with Crippen molar-refractivity contribution in [2.45, 2.75) is 26.3 Å². The maximum atomic E-state index is 13.5. The van der Waals surface area contributed by atoms with Gasteiger partial charge in [0.1, 0.15) is 11.4 Å². The first-order valence-electron chi connectivity index (χ1n) is 6.41. The van der Waals surface area contributed by atoms with Crippen LogP contribution >= 0.6 is 0 Å². The number of nitrogens with two attached hydrogens (primary N) is 1. The van der Waals surface area contributed by atoms with E-state index in [4.69, 9.17) is 15.0 Å². The van der Waals surface area contributed by atoms with Gasteiger partial charge in [0.2, 0.25) is 0 Å². The fraction of sp³-hybridized carbons (Fsp3) is 0.429. The first-order valence-corrected chi connectivity index (χ1v) is 6.41. The lowest BCUT2D eigenvalue weighted by molar-refractivity contribution is 0.0962. The minimum Gasteiger partial charge on any atom is -0.379 e. The number of aromatic nitrogens is 2. The summed E-state index contributed by atoms with van der Waals surface area (Å²) < 4.78 is 24.0. The van der Waals surface area contributed by atoms with Gasteiger partial charge in [-0.15, -0.1) is 0 Å². The van der Waals surface area contributed by atoms with E-state index in [2.05, 4.69) is 10.1 Å². The lowest BCUT2D eigenvalue weighted by Gasteiger charge is -2.19. The number of benzene rings is 1. The Bertz CT molecular complexity index is 596. The maximum absolute atomic E-state index is 13.5. The van der Waals surface area contributed by atoms with Crippen molar-refractivity contribution in [3.05, 3.63) is 35.4 Å². The van der Waals surface area contributed by atoms with Gasteiger partial charge < -0.3 is 15.0 Å². The van der Waals surface area contributed by atoms with E-state index in [1.165, 1.54) is 6.07 Å². The Labute approximate surface area is 116 Å². The molecule has 0 saturated carbocycles. The molecule has 0 amide bonds. The van der Waals surface area contributed by atoms with E-state index in [1.807, 2.05) is 6.92 Å². The largest absolute Gasteiger partial charge is 0.379 e. The molecule has 1 atom stereocenters. The third kappa shape index (κ3) is 3.02. The summed E-state index contributed by atoms with van der Waals surface area (Å²) in [6.45, 7) is 6.17. The van der Waals surface area contributed by atoms with E-state index < -0.39 is 5.54 Å². The molecule has 1 heterocycles. The molecule has 2 N–H and O–H groups in total. The third-order valence-corrected chi connectivity index (χ3v) is 2.96. The summed E-state index contributed by atoms with van der Waals surface area (Å²) >= 11 is 0. The minimum atomic E-state index is -0.846. The molecule has 0 fully saturated rings. The van der Waals surface area contributed by atoms with Gasteiger partial charge in [-0.3, -0.25) is 0 Å². The van der Waals surface area contributed by atoms with Crippen LogP contribution in [0.2, 0.25) is 0 Å². The van der Waals surface area contributed by atoms with Crippen LogP contribution in [0.5, 0.6) is 0 Å².